The lowest BCUT2D eigenvalue weighted by Crippen LogP contribution is -2.25. The predicted octanol–water partition coefficient (Wildman–Crippen LogP) is 2.42. The van der Waals surface area contributed by atoms with Gasteiger partial charge >= 0.3 is 0 Å². The van der Waals surface area contributed by atoms with Gasteiger partial charge in [-0.3, -0.25) is 4.98 Å². The Morgan fingerprint density at radius 1 is 1.19 bits per heavy atom. The molecule has 0 aliphatic carbocycles. The van der Waals surface area contributed by atoms with E-state index in [0.29, 0.717) is 18.4 Å². The highest BCUT2D eigenvalue weighted by Crippen LogP contribution is 2.13. The largest absolute Gasteiger partial charge is 0.354 e. The van der Waals surface area contributed by atoms with Crippen LogP contribution in [0.2, 0.25) is 5.28 Å². The van der Waals surface area contributed by atoms with E-state index >= 15 is 0 Å². The van der Waals surface area contributed by atoms with E-state index < -0.39 is 0 Å². The van der Waals surface area contributed by atoms with Crippen molar-refractivity contribution in [1.29, 1.82) is 0 Å². The molecule has 0 radical (unpaired) electrons. The van der Waals surface area contributed by atoms with Gasteiger partial charge < -0.3 is 10.2 Å². The molecule has 0 aliphatic heterocycles. The van der Waals surface area contributed by atoms with Crippen LogP contribution in [0.3, 0.4) is 0 Å². The zero-order valence-electron chi connectivity index (χ0n) is 12.3. The topological polar surface area (TPSA) is 66.8 Å². The van der Waals surface area contributed by atoms with Crippen LogP contribution in [0, 0.1) is 0 Å². The van der Waals surface area contributed by atoms with Gasteiger partial charge in [0.05, 0.1) is 0 Å². The first kappa shape index (κ1) is 15.4. The van der Waals surface area contributed by atoms with E-state index in [-0.39, 0.29) is 5.28 Å². The number of halogens is 1. The van der Waals surface area contributed by atoms with Crippen LogP contribution in [0.4, 0.5) is 11.9 Å². The van der Waals surface area contributed by atoms with E-state index in [2.05, 4.69) is 39.1 Å². The van der Waals surface area contributed by atoms with Crippen LogP contribution in [-0.4, -0.2) is 39.6 Å². The van der Waals surface area contributed by atoms with Crippen molar-refractivity contribution in [2.75, 3.05) is 29.9 Å². The van der Waals surface area contributed by atoms with Gasteiger partial charge in [0.2, 0.25) is 17.2 Å². The lowest BCUT2D eigenvalue weighted by Gasteiger charge is -2.18. The number of rotatable bonds is 7. The van der Waals surface area contributed by atoms with Crippen molar-refractivity contribution in [3.63, 3.8) is 0 Å². The van der Waals surface area contributed by atoms with Gasteiger partial charge in [-0.05, 0) is 43.5 Å². The number of hydrogen-bond donors (Lipinski definition) is 1. The van der Waals surface area contributed by atoms with Crippen molar-refractivity contribution in [3.8, 4) is 0 Å². The number of nitrogens with zero attached hydrogens (tertiary/aromatic N) is 5. The van der Waals surface area contributed by atoms with Gasteiger partial charge in [0.15, 0.2) is 0 Å². The van der Waals surface area contributed by atoms with Gasteiger partial charge in [-0.25, -0.2) is 0 Å². The molecule has 2 aromatic heterocycles. The van der Waals surface area contributed by atoms with Crippen LogP contribution in [0.25, 0.3) is 0 Å². The summed E-state index contributed by atoms with van der Waals surface area (Å²) < 4.78 is 0. The third-order valence-electron chi connectivity index (χ3n) is 3.06. The summed E-state index contributed by atoms with van der Waals surface area (Å²) in [7, 11) is 0. The van der Waals surface area contributed by atoms with Crippen molar-refractivity contribution in [2.24, 2.45) is 0 Å². The molecule has 2 rings (SSSR count). The highest BCUT2D eigenvalue weighted by Gasteiger charge is 2.09. The summed E-state index contributed by atoms with van der Waals surface area (Å²) in [4.78, 5) is 18.8. The molecule has 7 heteroatoms. The Hall–Kier alpha value is -1.95. The van der Waals surface area contributed by atoms with Crippen molar-refractivity contribution in [1.82, 2.24) is 19.9 Å². The Labute approximate surface area is 129 Å². The van der Waals surface area contributed by atoms with Crippen LogP contribution < -0.4 is 10.2 Å². The lowest BCUT2D eigenvalue weighted by atomic mass is 10.2. The van der Waals surface area contributed by atoms with Gasteiger partial charge in [0.25, 0.3) is 0 Å². The molecule has 0 spiro atoms. The highest BCUT2D eigenvalue weighted by molar-refractivity contribution is 6.28. The fourth-order valence-electron chi connectivity index (χ4n) is 1.93. The molecule has 0 aromatic carbocycles. The molecule has 0 saturated heterocycles. The maximum Gasteiger partial charge on any atom is 0.231 e. The SMILES string of the molecule is CCN(CC)c1nc(Cl)nc(NCCc2cccnc2)n1. The van der Waals surface area contributed by atoms with E-state index in [4.69, 9.17) is 11.6 Å². The molecule has 0 bridgehead atoms. The fraction of sp³-hybridized carbons (Fsp3) is 0.429. The molecule has 0 unspecified atom stereocenters. The maximum atomic E-state index is 5.97. The van der Waals surface area contributed by atoms with Crippen molar-refractivity contribution in [3.05, 3.63) is 35.4 Å². The molecule has 0 aliphatic rings. The minimum absolute atomic E-state index is 0.204. The van der Waals surface area contributed by atoms with E-state index in [1.54, 1.807) is 6.20 Å². The lowest BCUT2D eigenvalue weighted by molar-refractivity contribution is 0.810. The second-order valence-electron chi connectivity index (χ2n) is 4.44. The van der Waals surface area contributed by atoms with Crippen LogP contribution in [0.1, 0.15) is 19.4 Å². The summed E-state index contributed by atoms with van der Waals surface area (Å²) in [6.45, 7) is 6.47. The average molecular weight is 307 g/mol. The third-order valence-corrected chi connectivity index (χ3v) is 3.23. The first-order chi connectivity index (χ1) is 10.2. The summed E-state index contributed by atoms with van der Waals surface area (Å²) in [6.07, 6.45) is 4.46. The van der Waals surface area contributed by atoms with Crippen LogP contribution >= 0.6 is 11.6 Å². The Balaban J connectivity index is 1.99. The number of nitrogens with one attached hydrogen (secondary N) is 1. The molecule has 2 aromatic rings. The summed E-state index contributed by atoms with van der Waals surface area (Å²) in [6, 6.07) is 3.96. The second kappa shape index (κ2) is 7.73. The van der Waals surface area contributed by atoms with Crippen molar-refractivity contribution in [2.45, 2.75) is 20.3 Å². The Bertz CT molecular complexity index is 559. The Morgan fingerprint density at radius 2 is 2.00 bits per heavy atom. The third kappa shape index (κ3) is 4.53. The Morgan fingerprint density at radius 3 is 2.67 bits per heavy atom. The number of pyridine rings is 1. The van der Waals surface area contributed by atoms with E-state index in [9.17, 15) is 0 Å². The summed E-state index contributed by atoms with van der Waals surface area (Å²) in [5.74, 6) is 1.10. The molecule has 0 fully saturated rings. The standard InChI is InChI=1S/C14H19ClN6/c1-3-21(4-2)14-19-12(15)18-13(20-14)17-9-7-11-6-5-8-16-10-11/h5-6,8,10H,3-4,7,9H2,1-2H3,(H,17,18,19,20). The normalized spacial score (nSPS) is 10.4. The summed E-state index contributed by atoms with van der Waals surface area (Å²) in [5.41, 5.74) is 1.16. The predicted molar refractivity (Wildman–Crippen MR) is 84.8 cm³/mol. The van der Waals surface area contributed by atoms with E-state index in [0.717, 1.165) is 25.1 Å². The van der Waals surface area contributed by atoms with Crippen LogP contribution in [0.15, 0.2) is 24.5 Å². The fourth-order valence-corrected chi connectivity index (χ4v) is 2.09. The maximum absolute atomic E-state index is 5.97. The van der Waals surface area contributed by atoms with E-state index in [1.165, 1.54) is 0 Å². The zero-order valence-corrected chi connectivity index (χ0v) is 13.0. The van der Waals surface area contributed by atoms with Crippen molar-refractivity contribution < 1.29 is 0 Å². The van der Waals surface area contributed by atoms with Gasteiger partial charge in [-0.2, -0.15) is 15.0 Å². The summed E-state index contributed by atoms with van der Waals surface area (Å²) >= 11 is 5.97. The minimum Gasteiger partial charge on any atom is -0.354 e. The number of hydrogen-bond acceptors (Lipinski definition) is 6. The van der Waals surface area contributed by atoms with Gasteiger partial charge in [-0.15, -0.1) is 0 Å². The molecule has 1 N–H and O–H groups in total. The van der Waals surface area contributed by atoms with Crippen LogP contribution in [-0.2, 0) is 6.42 Å². The van der Waals surface area contributed by atoms with E-state index in [1.807, 2.05) is 23.2 Å². The molecule has 112 valence electrons. The zero-order chi connectivity index (χ0) is 15.1. The van der Waals surface area contributed by atoms with Gasteiger partial charge in [0, 0.05) is 32.0 Å². The minimum atomic E-state index is 0.204. The molecule has 2 heterocycles. The number of aromatic nitrogens is 4. The monoisotopic (exact) mass is 306 g/mol. The molecule has 21 heavy (non-hydrogen) atoms. The molecule has 0 atom stereocenters. The Kier molecular flexibility index (Phi) is 5.68. The molecular formula is C14H19ClN6. The highest BCUT2D eigenvalue weighted by atomic mass is 35.5. The van der Waals surface area contributed by atoms with Gasteiger partial charge in [-0.1, -0.05) is 6.07 Å². The first-order valence-corrected chi connectivity index (χ1v) is 7.40. The quantitative estimate of drug-likeness (QED) is 0.847. The summed E-state index contributed by atoms with van der Waals surface area (Å²) in [5, 5.41) is 3.38. The molecule has 6 nitrogen and oxygen atoms in total. The smallest absolute Gasteiger partial charge is 0.231 e. The molecule has 0 amide bonds. The molecular weight excluding hydrogens is 288 g/mol. The number of anilines is 2. The van der Waals surface area contributed by atoms with Crippen LogP contribution in [0.5, 0.6) is 0 Å². The molecule has 0 saturated carbocycles. The van der Waals surface area contributed by atoms with Gasteiger partial charge in [0.1, 0.15) is 0 Å². The second-order valence-corrected chi connectivity index (χ2v) is 4.78. The average Bonchev–Trinajstić information content (AvgIpc) is 2.49. The van der Waals surface area contributed by atoms with Crippen molar-refractivity contribution >= 4 is 23.5 Å². The first-order valence-electron chi connectivity index (χ1n) is 7.02.